The number of para-hydroxylation sites is 1. The molecule has 0 saturated heterocycles. The molecule has 1 N–H and O–H groups in total. The van der Waals surface area contributed by atoms with Gasteiger partial charge in [-0.25, -0.2) is 4.39 Å². The fraction of sp³-hybridized carbons (Fsp3) is 0.333. The van der Waals surface area contributed by atoms with E-state index in [1.807, 2.05) is 24.3 Å². The summed E-state index contributed by atoms with van der Waals surface area (Å²) in [5, 5.41) is 3.37. The molecule has 0 heterocycles. The Kier molecular flexibility index (Phi) is 5.04. The summed E-state index contributed by atoms with van der Waals surface area (Å²) in [5.74, 6) is -0.237. The van der Waals surface area contributed by atoms with E-state index in [-0.39, 0.29) is 17.3 Å². The lowest BCUT2D eigenvalue weighted by Crippen LogP contribution is -2.19. The van der Waals surface area contributed by atoms with Crippen LogP contribution in [0.1, 0.15) is 38.8 Å². The Hall–Kier alpha value is -1.35. The van der Waals surface area contributed by atoms with E-state index in [9.17, 15) is 4.39 Å². The van der Waals surface area contributed by atoms with Crippen molar-refractivity contribution < 1.29 is 4.39 Å². The molecule has 0 spiro atoms. The van der Waals surface area contributed by atoms with Crippen molar-refractivity contribution in [3.8, 4) is 0 Å². The van der Waals surface area contributed by atoms with Gasteiger partial charge in [0.05, 0.1) is 11.7 Å². The average molecular weight is 350 g/mol. The van der Waals surface area contributed by atoms with Crippen LogP contribution in [0.2, 0.25) is 0 Å². The van der Waals surface area contributed by atoms with Crippen LogP contribution in [0.25, 0.3) is 0 Å². The first-order valence-electron chi connectivity index (χ1n) is 7.12. The molecule has 112 valence electrons. The minimum absolute atomic E-state index is 0.0689. The maximum Gasteiger partial charge on any atom is 0.147 e. The van der Waals surface area contributed by atoms with E-state index in [1.54, 1.807) is 6.07 Å². The molecule has 0 amide bonds. The fourth-order valence-corrected chi connectivity index (χ4v) is 2.82. The van der Waals surface area contributed by atoms with Gasteiger partial charge in [0.2, 0.25) is 0 Å². The zero-order valence-corrected chi connectivity index (χ0v) is 14.2. The van der Waals surface area contributed by atoms with Gasteiger partial charge in [0.1, 0.15) is 5.82 Å². The number of rotatable bonds is 4. The van der Waals surface area contributed by atoms with Crippen LogP contribution in [0.15, 0.2) is 53.0 Å². The highest BCUT2D eigenvalue weighted by atomic mass is 79.9. The van der Waals surface area contributed by atoms with Crippen LogP contribution in [0.3, 0.4) is 0 Å². The topological polar surface area (TPSA) is 12.0 Å². The van der Waals surface area contributed by atoms with Gasteiger partial charge in [0.15, 0.2) is 0 Å². The van der Waals surface area contributed by atoms with Crippen molar-refractivity contribution in [2.24, 2.45) is 5.41 Å². The molecule has 0 radical (unpaired) electrons. The summed E-state index contributed by atoms with van der Waals surface area (Å²) < 4.78 is 14.8. The smallest absolute Gasteiger partial charge is 0.147 e. The van der Waals surface area contributed by atoms with E-state index in [4.69, 9.17) is 0 Å². The molecule has 21 heavy (non-hydrogen) atoms. The van der Waals surface area contributed by atoms with E-state index >= 15 is 0 Å². The van der Waals surface area contributed by atoms with Gasteiger partial charge in [-0.3, -0.25) is 0 Å². The van der Waals surface area contributed by atoms with Crippen LogP contribution in [0.5, 0.6) is 0 Å². The van der Waals surface area contributed by atoms with E-state index in [1.165, 1.54) is 11.6 Å². The summed E-state index contributed by atoms with van der Waals surface area (Å²) in [6.07, 6.45) is 0.914. The quantitative estimate of drug-likeness (QED) is 0.694. The van der Waals surface area contributed by atoms with Gasteiger partial charge >= 0.3 is 0 Å². The zero-order valence-electron chi connectivity index (χ0n) is 12.7. The Bertz CT molecular complexity index is 570. The van der Waals surface area contributed by atoms with E-state index in [0.29, 0.717) is 5.69 Å². The van der Waals surface area contributed by atoms with Gasteiger partial charge in [0, 0.05) is 4.47 Å². The molecule has 2 aromatic rings. The third-order valence-electron chi connectivity index (χ3n) is 3.30. The predicted molar refractivity (Wildman–Crippen MR) is 91.0 cm³/mol. The van der Waals surface area contributed by atoms with Gasteiger partial charge in [-0.15, -0.1) is 0 Å². The summed E-state index contributed by atoms with van der Waals surface area (Å²) in [4.78, 5) is 0. The summed E-state index contributed by atoms with van der Waals surface area (Å²) in [6, 6.07) is 15.3. The molecule has 1 nitrogen and oxygen atoms in total. The van der Waals surface area contributed by atoms with Crippen molar-refractivity contribution in [1.82, 2.24) is 0 Å². The molecule has 0 aliphatic rings. The Morgan fingerprint density at radius 2 is 1.71 bits per heavy atom. The molecule has 0 fully saturated rings. The third kappa shape index (κ3) is 4.57. The second-order valence-electron chi connectivity index (χ2n) is 6.47. The van der Waals surface area contributed by atoms with Crippen LogP contribution in [-0.2, 0) is 0 Å². The van der Waals surface area contributed by atoms with Crippen molar-refractivity contribution in [2.75, 3.05) is 5.32 Å². The molecular weight excluding hydrogens is 329 g/mol. The van der Waals surface area contributed by atoms with Crippen LogP contribution >= 0.6 is 15.9 Å². The summed E-state index contributed by atoms with van der Waals surface area (Å²) >= 11 is 3.43. The maximum absolute atomic E-state index is 14.1. The Morgan fingerprint density at radius 3 is 2.29 bits per heavy atom. The third-order valence-corrected chi connectivity index (χ3v) is 3.96. The number of hydrogen-bond donors (Lipinski definition) is 1. The predicted octanol–water partition coefficient (Wildman–Crippen LogP) is 6.18. The van der Waals surface area contributed by atoms with Crippen LogP contribution < -0.4 is 5.32 Å². The van der Waals surface area contributed by atoms with Crippen LogP contribution in [-0.4, -0.2) is 0 Å². The molecule has 0 aromatic heterocycles. The average Bonchev–Trinajstić information content (AvgIpc) is 2.41. The van der Waals surface area contributed by atoms with Crippen molar-refractivity contribution in [3.05, 3.63) is 64.4 Å². The normalized spacial score (nSPS) is 13.0. The second-order valence-corrected chi connectivity index (χ2v) is 7.32. The Labute approximate surface area is 134 Å². The molecule has 2 aromatic carbocycles. The minimum Gasteiger partial charge on any atom is -0.375 e. The zero-order chi connectivity index (χ0) is 15.5. The highest BCUT2D eigenvalue weighted by Crippen LogP contribution is 2.35. The Morgan fingerprint density at radius 1 is 1.05 bits per heavy atom. The van der Waals surface area contributed by atoms with E-state index < -0.39 is 0 Å². The SMILES string of the molecule is CC(C)(C)CC(Nc1c(F)cccc1Br)c1ccccc1. The molecule has 1 atom stereocenters. The lowest BCUT2D eigenvalue weighted by atomic mass is 9.85. The molecule has 1 unspecified atom stereocenters. The monoisotopic (exact) mass is 349 g/mol. The standard InChI is InChI=1S/C18H21BrFN/c1-18(2,3)12-16(13-8-5-4-6-9-13)21-17-14(19)10-7-11-15(17)20/h4-11,16,21H,12H2,1-3H3. The van der Waals surface area contributed by atoms with Gasteiger partial charge in [-0.1, -0.05) is 57.2 Å². The van der Waals surface area contributed by atoms with Gasteiger partial charge in [-0.2, -0.15) is 0 Å². The van der Waals surface area contributed by atoms with Gasteiger partial charge < -0.3 is 5.32 Å². The van der Waals surface area contributed by atoms with Crippen molar-refractivity contribution in [3.63, 3.8) is 0 Å². The first kappa shape index (κ1) is 16.0. The van der Waals surface area contributed by atoms with Crippen LogP contribution in [0.4, 0.5) is 10.1 Å². The molecule has 0 aliphatic heterocycles. The fourth-order valence-electron chi connectivity index (χ4n) is 2.36. The second kappa shape index (κ2) is 6.61. The van der Waals surface area contributed by atoms with E-state index in [0.717, 1.165) is 10.9 Å². The largest absolute Gasteiger partial charge is 0.375 e. The van der Waals surface area contributed by atoms with Gasteiger partial charge in [-0.05, 0) is 45.5 Å². The maximum atomic E-state index is 14.1. The summed E-state index contributed by atoms with van der Waals surface area (Å²) in [5.41, 5.74) is 1.84. The molecule has 3 heteroatoms. The molecule has 0 aliphatic carbocycles. The molecule has 0 saturated carbocycles. The molecule has 0 bridgehead atoms. The highest BCUT2D eigenvalue weighted by molar-refractivity contribution is 9.10. The number of benzene rings is 2. The van der Waals surface area contributed by atoms with Crippen molar-refractivity contribution in [1.29, 1.82) is 0 Å². The van der Waals surface area contributed by atoms with Crippen molar-refractivity contribution >= 4 is 21.6 Å². The summed E-state index contributed by atoms with van der Waals surface area (Å²) in [6.45, 7) is 6.59. The van der Waals surface area contributed by atoms with E-state index in [2.05, 4.69) is 54.2 Å². The summed E-state index contributed by atoms with van der Waals surface area (Å²) in [7, 11) is 0. The number of halogens is 2. The lowest BCUT2D eigenvalue weighted by Gasteiger charge is -2.28. The Balaban J connectivity index is 2.33. The first-order valence-corrected chi connectivity index (χ1v) is 7.91. The van der Waals surface area contributed by atoms with Crippen LogP contribution in [0, 0.1) is 11.2 Å². The minimum atomic E-state index is -0.237. The molecule has 2 rings (SSSR count). The number of anilines is 1. The number of nitrogens with one attached hydrogen (secondary N) is 1. The van der Waals surface area contributed by atoms with Crippen molar-refractivity contribution in [2.45, 2.75) is 33.2 Å². The lowest BCUT2D eigenvalue weighted by molar-refractivity contribution is 0.352. The molecular formula is C18H21BrFN. The number of hydrogen-bond acceptors (Lipinski definition) is 1. The first-order chi connectivity index (χ1) is 9.87. The highest BCUT2D eigenvalue weighted by Gasteiger charge is 2.21. The van der Waals surface area contributed by atoms with Gasteiger partial charge in [0.25, 0.3) is 0 Å².